The van der Waals surface area contributed by atoms with E-state index in [9.17, 15) is 19.7 Å². The molecule has 3 aromatic rings. The van der Waals surface area contributed by atoms with Crippen molar-refractivity contribution in [1.29, 1.82) is 10.5 Å². The van der Waals surface area contributed by atoms with E-state index in [1.165, 1.54) is 38.6 Å². The van der Waals surface area contributed by atoms with Gasteiger partial charge in [0.2, 0.25) is 5.88 Å². The smallest absolute Gasteiger partial charge is 0.269 e. The molecule has 0 aliphatic rings. The van der Waals surface area contributed by atoms with Crippen LogP contribution in [0.2, 0.25) is 0 Å². The summed E-state index contributed by atoms with van der Waals surface area (Å²) in [4.78, 5) is 19.8. The number of aromatic nitrogens is 2. The first-order valence-electron chi connectivity index (χ1n) is 9.20. The molecule has 0 bridgehead atoms. The van der Waals surface area contributed by atoms with E-state index in [-0.39, 0.29) is 52.3 Å². The molecule has 160 valence electrons. The molecule has 0 saturated heterocycles. The number of hydrogen-bond donors (Lipinski definition) is 2. The van der Waals surface area contributed by atoms with Crippen molar-refractivity contribution < 1.29 is 18.7 Å². The summed E-state index contributed by atoms with van der Waals surface area (Å²) in [5.41, 5.74) is 7.13. The molecule has 0 atom stereocenters. The van der Waals surface area contributed by atoms with E-state index in [4.69, 9.17) is 15.2 Å². The van der Waals surface area contributed by atoms with Gasteiger partial charge in [-0.15, -0.1) is 0 Å². The fraction of sp³-hybridized carbons (Fsp3) is 0.136. The average Bonchev–Trinajstić information content (AvgIpc) is 2.82. The van der Waals surface area contributed by atoms with E-state index in [1.54, 1.807) is 6.07 Å². The predicted molar refractivity (Wildman–Crippen MR) is 112 cm³/mol. The van der Waals surface area contributed by atoms with Crippen LogP contribution in [0.3, 0.4) is 0 Å². The summed E-state index contributed by atoms with van der Waals surface area (Å²) in [6.45, 7) is -0.0499. The van der Waals surface area contributed by atoms with Crippen LogP contribution in [0.25, 0.3) is 11.1 Å². The first kappa shape index (κ1) is 22.0. The van der Waals surface area contributed by atoms with E-state index in [0.29, 0.717) is 11.1 Å². The quantitative estimate of drug-likeness (QED) is 0.604. The van der Waals surface area contributed by atoms with E-state index in [0.717, 1.165) is 6.07 Å². The molecule has 0 unspecified atom stereocenters. The number of hydrogen-bond acceptors (Lipinski definition) is 8. The maximum atomic E-state index is 13.9. The molecule has 0 spiro atoms. The van der Waals surface area contributed by atoms with Crippen LogP contribution >= 0.6 is 0 Å². The largest absolute Gasteiger partial charge is 0.494 e. The number of nitriles is 2. The van der Waals surface area contributed by atoms with Crippen LogP contribution in [0.15, 0.2) is 36.5 Å². The van der Waals surface area contributed by atoms with E-state index >= 15 is 0 Å². The predicted octanol–water partition coefficient (Wildman–Crippen LogP) is 2.56. The number of carbonyl (C=O) groups is 1. The van der Waals surface area contributed by atoms with Crippen LogP contribution in [0, 0.1) is 28.5 Å². The fourth-order valence-electron chi connectivity index (χ4n) is 2.97. The number of anilines is 1. The van der Waals surface area contributed by atoms with Gasteiger partial charge in [0.1, 0.15) is 41.4 Å². The summed E-state index contributed by atoms with van der Waals surface area (Å²) in [5, 5.41) is 21.9. The highest BCUT2D eigenvalue weighted by atomic mass is 19.1. The Labute approximate surface area is 182 Å². The zero-order chi connectivity index (χ0) is 23.3. The summed E-state index contributed by atoms with van der Waals surface area (Å²) in [5.74, 6) is -1.29. The Morgan fingerprint density at radius 1 is 1.22 bits per heavy atom. The molecule has 3 N–H and O–H groups in total. The SMILES string of the molecule is CNC(=O)c1cc(COc2nc(N)c(C#N)c(-c3ccc(F)c(OC)c3)c2C#N)ccn1. The number of nitrogen functional groups attached to an aromatic ring is 1. The van der Waals surface area contributed by atoms with Crippen LogP contribution in [0.5, 0.6) is 11.6 Å². The number of rotatable bonds is 6. The Kier molecular flexibility index (Phi) is 6.47. The summed E-state index contributed by atoms with van der Waals surface area (Å²) in [7, 11) is 2.79. The number of benzene rings is 1. The van der Waals surface area contributed by atoms with Crippen LogP contribution < -0.4 is 20.5 Å². The molecule has 3 rings (SSSR count). The van der Waals surface area contributed by atoms with Gasteiger partial charge in [-0.2, -0.15) is 15.5 Å². The number of carbonyl (C=O) groups excluding carboxylic acids is 1. The van der Waals surface area contributed by atoms with Crippen molar-refractivity contribution >= 4 is 11.7 Å². The van der Waals surface area contributed by atoms with Gasteiger partial charge in [0.15, 0.2) is 11.6 Å². The molecule has 0 saturated carbocycles. The second-order valence-electron chi connectivity index (χ2n) is 6.42. The van der Waals surface area contributed by atoms with Gasteiger partial charge in [-0.3, -0.25) is 9.78 Å². The summed E-state index contributed by atoms with van der Waals surface area (Å²) < 4.78 is 24.6. The maximum Gasteiger partial charge on any atom is 0.269 e. The molecule has 0 fully saturated rings. The van der Waals surface area contributed by atoms with Crippen LogP contribution in [-0.4, -0.2) is 30.0 Å². The van der Waals surface area contributed by atoms with Crippen molar-refractivity contribution in [3.05, 3.63) is 64.7 Å². The van der Waals surface area contributed by atoms with E-state index < -0.39 is 5.82 Å². The number of nitrogens with zero attached hydrogens (tertiary/aromatic N) is 4. The molecule has 0 radical (unpaired) electrons. The third-order valence-electron chi connectivity index (χ3n) is 4.52. The highest BCUT2D eigenvalue weighted by Crippen LogP contribution is 2.37. The van der Waals surface area contributed by atoms with Crippen molar-refractivity contribution in [3.63, 3.8) is 0 Å². The van der Waals surface area contributed by atoms with Crippen molar-refractivity contribution in [3.8, 4) is 34.9 Å². The third-order valence-corrected chi connectivity index (χ3v) is 4.52. The first-order chi connectivity index (χ1) is 15.4. The van der Waals surface area contributed by atoms with Gasteiger partial charge in [-0.1, -0.05) is 6.07 Å². The second kappa shape index (κ2) is 9.41. The molecule has 9 nitrogen and oxygen atoms in total. The van der Waals surface area contributed by atoms with Gasteiger partial charge in [-0.05, 0) is 35.4 Å². The highest BCUT2D eigenvalue weighted by molar-refractivity contribution is 5.92. The Bertz CT molecular complexity index is 1280. The van der Waals surface area contributed by atoms with Gasteiger partial charge >= 0.3 is 0 Å². The Balaban J connectivity index is 2.06. The molecule has 0 aliphatic carbocycles. The van der Waals surface area contributed by atoms with Gasteiger partial charge < -0.3 is 20.5 Å². The van der Waals surface area contributed by atoms with Gasteiger partial charge in [0.05, 0.1) is 7.11 Å². The highest BCUT2D eigenvalue weighted by Gasteiger charge is 2.22. The number of methoxy groups -OCH3 is 1. The summed E-state index contributed by atoms with van der Waals surface area (Å²) in [6.07, 6.45) is 1.45. The lowest BCUT2D eigenvalue weighted by Crippen LogP contribution is -2.19. The lowest BCUT2D eigenvalue weighted by atomic mass is 9.96. The summed E-state index contributed by atoms with van der Waals surface area (Å²) in [6, 6.07) is 11.0. The number of nitrogens with two attached hydrogens (primary N) is 1. The van der Waals surface area contributed by atoms with Crippen molar-refractivity contribution in [2.45, 2.75) is 6.61 Å². The number of ether oxygens (including phenoxy) is 2. The van der Waals surface area contributed by atoms with Crippen molar-refractivity contribution in [1.82, 2.24) is 15.3 Å². The van der Waals surface area contributed by atoms with Crippen LogP contribution in [0.4, 0.5) is 10.2 Å². The minimum Gasteiger partial charge on any atom is -0.494 e. The number of halogens is 1. The van der Waals surface area contributed by atoms with Crippen LogP contribution in [-0.2, 0) is 6.61 Å². The Morgan fingerprint density at radius 3 is 2.62 bits per heavy atom. The average molecular weight is 432 g/mol. The van der Waals surface area contributed by atoms with Gasteiger partial charge in [0.25, 0.3) is 5.91 Å². The van der Waals surface area contributed by atoms with Crippen molar-refractivity contribution in [2.75, 3.05) is 19.9 Å². The molecule has 10 heteroatoms. The van der Waals surface area contributed by atoms with E-state index in [1.807, 2.05) is 12.1 Å². The van der Waals surface area contributed by atoms with Crippen LogP contribution in [0.1, 0.15) is 27.2 Å². The molecular formula is C22H17FN6O3. The lowest BCUT2D eigenvalue weighted by Gasteiger charge is -2.15. The standard InChI is InChI=1S/C22H17FN6O3/c1-27-21(30)17-7-12(5-6-28-17)11-32-22-15(10-25)19(14(9-24)20(26)29-22)13-3-4-16(23)18(8-13)31-2/h3-8H,11H2,1-2H3,(H2,26,29)(H,27,30). The molecule has 1 amide bonds. The molecule has 2 heterocycles. The Morgan fingerprint density at radius 2 is 1.97 bits per heavy atom. The molecule has 1 aromatic carbocycles. The van der Waals surface area contributed by atoms with Gasteiger partial charge in [0, 0.05) is 18.8 Å². The molecule has 32 heavy (non-hydrogen) atoms. The normalized spacial score (nSPS) is 10.0. The second-order valence-corrected chi connectivity index (χ2v) is 6.42. The minimum absolute atomic E-state index is 0.0478. The summed E-state index contributed by atoms with van der Waals surface area (Å²) >= 11 is 0. The molecule has 2 aromatic heterocycles. The fourth-order valence-corrected chi connectivity index (χ4v) is 2.97. The topological polar surface area (TPSA) is 147 Å². The third kappa shape index (κ3) is 4.25. The molecular weight excluding hydrogens is 415 g/mol. The zero-order valence-corrected chi connectivity index (χ0v) is 17.1. The lowest BCUT2D eigenvalue weighted by molar-refractivity contribution is 0.0958. The van der Waals surface area contributed by atoms with E-state index in [2.05, 4.69) is 15.3 Å². The minimum atomic E-state index is -0.601. The van der Waals surface area contributed by atoms with Crippen molar-refractivity contribution in [2.24, 2.45) is 0 Å². The molecule has 0 aliphatic heterocycles. The number of pyridine rings is 2. The van der Waals surface area contributed by atoms with Gasteiger partial charge in [-0.25, -0.2) is 4.39 Å². The Hall–Kier alpha value is -4.70. The number of nitrogens with one attached hydrogen (secondary N) is 1. The zero-order valence-electron chi connectivity index (χ0n) is 17.1. The first-order valence-corrected chi connectivity index (χ1v) is 9.20. The number of amides is 1. The maximum absolute atomic E-state index is 13.9. The monoisotopic (exact) mass is 432 g/mol.